The lowest BCUT2D eigenvalue weighted by Crippen LogP contribution is -2.37. The smallest absolute Gasteiger partial charge is 0.335 e. The van der Waals surface area contributed by atoms with Gasteiger partial charge in [-0.25, -0.2) is 4.79 Å². The van der Waals surface area contributed by atoms with Crippen molar-refractivity contribution < 1.29 is 14.7 Å². The van der Waals surface area contributed by atoms with Crippen LogP contribution in [0, 0.1) is 0 Å². The SMILES string of the molecule is CCN(C(=O)Cc1ccc(C(=O)O)cc1)C(C)C. The molecule has 0 bridgehead atoms. The van der Waals surface area contributed by atoms with Crippen molar-refractivity contribution in [3.05, 3.63) is 35.4 Å². The van der Waals surface area contributed by atoms with Crippen LogP contribution in [-0.4, -0.2) is 34.5 Å². The second-order valence-electron chi connectivity index (χ2n) is 4.45. The standard InChI is InChI=1S/C14H19NO3/c1-4-15(10(2)3)13(16)9-11-5-7-12(8-6-11)14(17)18/h5-8,10H,4,9H2,1-3H3,(H,17,18). The summed E-state index contributed by atoms with van der Waals surface area (Å²) in [6.45, 7) is 6.60. The average molecular weight is 249 g/mol. The van der Waals surface area contributed by atoms with Gasteiger partial charge in [0.05, 0.1) is 12.0 Å². The molecule has 1 N–H and O–H groups in total. The van der Waals surface area contributed by atoms with Crippen LogP contribution in [0.15, 0.2) is 24.3 Å². The van der Waals surface area contributed by atoms with Gasteiger partial charge < -0.3 is 10.0 Å². The number of hydrogen-bond acceptors (Lipinski definition) is 2. The minimum absolute atomic E-state index is 0.0653. The first-order valence-electron chi connectivity index (χ1n) is 6.07. The zero-order chi connectivity index (χ0) is 13.7. The predicted octanol–water partition coefficient (Wildman–Crippen LogP) is 2.18. The number of amides is 1. The summed E-state index contributed by atoms with van der Waals surface area (Å²) in [5.41, 5.74) is 1.08. The summed E-state index contributed by atoms with van der Waals surface area (Å²) in [4.78, 5) is 24.5. The van der Waals surface area contributed by atoms with Gasteiger partial charge in [0.1, 0.15) is 0 Å². The summed E-state index contributed by atoms with van der Waals surface area (Å²) in [5.74, 6) is -0.888. The first-order valence-corrected chi connectivity index (χ1v) is 6.07. The maximum absolute atomic E-state index is 12.0. The number of benzene rings is 1. The molecule has 0 radical (unpaired) electrons. The fraction of sp³-hybridized carbons (Fsp3) is 0.429. The number of likely N-dealkylation sites (N-methyl/N-ethyl adjacent to an activating group) is 1. The lowest BCUT2D eigenvalue weighted by molar-refractivity contribution is -0.131. The maximum atomic E-state index is 12.0. The molecular weight excluding hydrogens is 230 g/mol. The largest absolute Gasteiger partial charge is 0.478 e. The van der Waals surface area contributed by atoms with Crippen LogP contribution < -0.4 is 0 Å². The van der Waals surface area contributed by atoms with Gasteiger partial charge in [0.2, 0.25) is 5.91 Å². The molecule has 1 amide bonds. The van der Waals surface area contributed by atoms with Crippen LogP contribution in [0.2, 0.25) is 0 Å². The van der Waals surface area contributed by atoms with E-state index in [-0.39, 0.29) is 17.5 Å². The van der Waals surface area contributed by atoms with Crippen molar-refractivity contribution in [3.63, 3.8) is 0 Å². The van der Waals surface area contributed by atoms with Crippen molar-refractivity contribution in [1.82, 2.24) is 4.90 Å². The lowest BCUT2D eigenvalue weighted by atomic mass is 10.1. The van der Waals surface area contributed by atoms with E-state index in [9.17, 15) is 9.59 Å². The Morgan fingerprint density at radius 2 is 1.78 bits per heavy atom. The van der Waals surface area contributed by atoms with E-state index in [1.54, 1.807) is 17.0 Å². The molecule has 4 heteroatoms. The number of aromatic carboxylic acids is 1. The van der Waals surface area contributed by atoms with E-state index in [4.69, 9.17) is 5.11 Å². The Morgan fingerprint density at radius 3 is 2.17 bits per heavy atom. The van der Waals surface area contributed by atoms with Gasteiger partial charge in [-0.05, 0) is 38.5 Å². The molecule has 1 aromatic carbocycles. The zero-order valence-electron chi connectivity index (χ0n) is 11.0. The Hall–Kier alpha value is -1.84. The van der Waals surface area contributed by atoms with Crippen LogP contribution in [0.1, 0.15) is 36.7 Å². The topological polar surface area (TPSA) is 57.6 Å². The second kappa shape index (κ2) is 6.19. The number of carboxylic acid groups (broad SMARTS) is 1. The quantitative estimate of drug-likeness (QED) is 0.870. The monoisotopic (exact) mass is 249 g/mol. The van der Waals surface area contributed by atoms with Gasteiger partial charge in [0.15, 0.2) is 0 Å². The number of carboxylic acids is 1. The molecule has 0 fully saturated rings. The number of carbonyl (C=O) groups is 2. The van der Waals surface area contributed by atoms with E-state index in [1.807, 2.05) is 20.8 Å². The molecule has 1 rings (SSSR count). The molecule has 0 aliphatic carbocycles. The number of rotatable bonds is 5. The first kappa shape index (κ1) is 14.2. The van der Waals surface area contributed by atoms with E-state index in [0.717, 1.165) is 5.56 Å². The van der Waals surface area contributed by atoms with Crippen LogP contribution in [0.5, 0.6) is 0 Å². The highest BCUT2D eigenvalue weighted by atomic mass is 16.4. The number of nitrogens with zero attached hydrogens (tertiary/aromatic N) is 1. The molecule has 0 aromatic heterocycles. The van der Waals surface area contributed by atoms with E-state index < -0.39 is 5.97 Å². The molecule has 0 saturated carbocycles. The molecule has 4 nitrogen and oxygen atoms in total. The Bertz CT molecular complexity index is 423. The summed E-state index contributed by atoms with van der Waals surface area (Å²) >= 11 is 0. The Morgan fingerprint density at radius 1 is 1.22 bits per heavy atom. The molecule has 18 heavy (non-hydrogen) atoms. The van der Waals surface area contributed by atoms with Crippen molar-refractivity contribution >= 4 is 11.9 Å². The van der Waals surface area contributed by atoms with E-state index in [1.165, 1.54) is 12.1 Å². The lowest BCUT2D eigenvalue weighted by Gasteiger charge is -2.25. The molecule has 0 aliphatic heterocycles. The summed E-state index contributed by atoms with van der Waals surface area (Å²) in [7, 11) is 0. The molecule has 0 saturated heterocycles. The van der Waals surface area contributed by atoms with Gasteiger partial charge in [0.25, 0.3) is 0 Å². The van der Waals surface area contributed by atoms with Crippen molar-refractivity contribution in [2.24, 2.45) is 0 Å². The van der Waals surface area contributed by atoms with Crippen LogP contribution >= 0.6 is 0 Å². The van der Waals surface area contributed by atoms with Crippen LogP contribution in [0.4, 0.5) is 0 Å². The Balaban J connectivity index is 2.73. The van der Waals surface area contributed by atoms with Crippen molar-refractivity contribution in [2.45, 2.75) is 33.2 Å². The third-order valence-corrected chi connectivity index (χ3v) is 2.84. The van der Waals surface area contributed by atoms with Crippen LogP contribution in [-0.2, 0) is 11.2 Å². The molecule has 0 aliphatic rings. The molecule has 0 heterocycles. The average Bonchev–Trinajstić information content (AvgIpc) is 2.29. The second-order valence-corrected chi connectivity index (χ2v) is 4.45. The van der Waals surface area contributed by atoms with E-state index in [0.29, 0.717) is 13.0 Å². The number of hydrogen-bond donors (Lipinski definition) is 1. The normalized spacial score (nSPS) is 10.4. The van der Waals surface area contributed by atoms with E-state index in [2.05, 4.69) is 0 Å². The third-order valence-electron chi connectivity index (χ3n) is 2.84. The predicted molar refractivity (Wildman–Crippen MR) is 69.6 cm³/mol. The highest BCUT2D eigenvalue weighted by Crippen LogP contribution is 2.08. The number of carbonyl (C=O) groups excluding carboxylic acids is 1. The van der Waals surface area contributed by atoms with Crippen molar-refractivity contribution in [1.29, 1.82) is 0 Å². The van der Waals surface area contributed by atoms with Crippen molar-refractivity contribution in [2.75, 3.05) is 6.54 Å². The summed E-state index contributed by atoms with van der Waals surface area (Å²) in [6.07, 6.45) is 0.311. The summed E-state index contributed by atoms with van der Waals surface area (Å²) in [6, 6.07) is 6.61. The van der Waals surface area contributed by atoms with Gasteiger partial charge in [-0.15, -0.1) is 0 Å². The molecule has 0 spiro atoms. The van der Waals surface area contributed by atoms with E-state index >= 15 is 0 Å². The van der Waals surface area contributed by atoms with Gasteiger partial charge in [-0.1, -0.05) is 12.1 Å². The molecule has 0 atom stereocenters. The highest BCUT2D eigenvalue weighted by Gasteiger charge is 2.15. The summed E-state index contributed by atoms with van der Waals surface area (Å²) < 4.78 is 0. The molecule has 98 valence electrons. The fourth-order valence-electron chi connectivity index (χ4n) is 1.87. The van der Waals surface area contributed by atoms with Gasteiger partial charge in [0, 0.05) is 12.6 Å². The minimum atomic E-state index is -0.953. The van der Waals surface area contributed by atoms with Crippen molar-refractivity contribution in [3.8, 4) is 0 Å². The third kappa shape index (κ3) is 3.58. The highest BCUT2D eigenvalue weighted by molar-refractivity contribution is 5.87. The first-order chi connectivity index (χ1) is 8.45. The van der Waals surface area contributed by atoms with Gasteiger partial charge in [-0.3, -0.25) is 4.79 Å². The minimum Gasteiger partial charge on any atom is -0.478 e. The fourth-order valence-corrected chi connectivity index (χ4v) is 1.87. The molecular formula is C14H19NO3. The maximum Gasteiger partial charge on any atom is 0.335 e. The summed E-state index contributed by atoms with van der Waals surface area (Å²) in [5, 5.41) is 8.78. The van der Waals surface area contributed by atoms with Gasteiger partial charge >= 0.3 is 5.97 Å². The van der Waals surface area contributed by atoms with Crippen LogP contribution in [0.25, 0.3) is 0 Å². The molecule has 0 unspecified atom stereocenters. The Kier molecular flexibility index (Phi) is 4.89. The zero-order valence-corrected chi connectivity index (χ0v) is 11.0. The Labute approximate surface area is 107 Å². The molecule has 1 aromatic rings. The van der Waals surface area contributed by atoms with Crippen LogP contribution in [0.3, 0.4) is 0 Å². The van der Waals surface area contributed by atoms with Gasteiger partial charge in [-0.2, -0.15) is 0 Å².